The molecule has 3 rings (SSSR count). The molecule has 1 aromatic heterocycles. The third-order valence-corrected chi connectivity index (χ3v) is 5.80. The van der Waals surface area contributed by atoms with Gasteiger partial charge in [0, 0.05) is 26.2 Å². The van der Waals surface area contributed by atoms with E-state index in [1.165, 1.54) is 11.3 Å². The highest BCUT2D eigenvalue weighted by atomic mass is 32.1. The van der Waals surface area contributed by atoms with Crippen LogP contribution in [-0.2, 0) is 16.1 Å². The SMILES string of the molecule is CCCNC(=O)N1CCC2(CC1)CC(=O)N(Cc1nnc(C)s1)CCO2. The number of carbonyl (C=O) groups is 2. The molecule has 2 aliphatic heterocycles. The lowest BCUT2D eigenvalue weighted by molar-refractivity contribution is -0.135. The van der Waals surface area contributed by atoms with Gasteiger partial charge in [-0.25, -0.2) is 4.79 Å². The van der Waals surface area contributed by atoms with E-state index in [4.69, 9.17) is 4.74 Å². The Labute approximate surface area is 157 Å². The number of nitrogens with zero attached hydrogens (tertiary/aromatic N) is 4. The summed E-state index contributed by atoms with van der Waals surface area (Å²) in [5.74, 6) is 0.0965. The van der Waals surface area contributed by atoms with Crippen molar-refractivity contribution < 1.29 is 14.3 Å². The van der Waals surface area contributed by atoms with E-state index in [2.05, 4.69) is 15.5 Å². The molecule has 1 spiro atoms. The Hall–Kier alpha value is -1.74. The van der Waals surface area contributed by atoms with Gasteiger partial charge in [-0.1, -0.05) is 18.3 Å². The minimum atomic E-state index is -0.440. The van der Waals surface area contributed by atoms with Crippen LogP contribution in [0.2, 0.25) is 0 Å². The van der Waals surface area contributed by atoms with Crippen molar-refractivity contribution in [3.05, 3.63) is 10.0 Å². The van der Waals surface area contributed by atoms with Crippen LogP contribution in [0.4, 0.5) is 4.79 Å². The number of hydrogen-bond acceptors (Lipinski definition) is 6. The minimum Gasteiger partial charge on any atom is -0.372 e. The number of urea groups is 1. The molecule has 2 aliphatic rings. The Morgan fingerprint density at radius 1 is 1.31 bits per heavy atom. The molecule has 0 aliphatic carbocycles. The van der Waals surface area contributed by atoms with Gasteiger partial charge in [-0.05, 0) is 26.2 Å². The molecule has 9 heteroatoms. The fraction of sp³-hybridized carbons (Fsp3) is 0.765. The number of piperidine rings is 1. The number of ether oxygens (including phenoxy) is 1. The fourth-order valence-electron chi connectivity index (χ4n) is 3.45. The maximum atomic E-state index is 12.8. The number of aromatic nitrogens is 2. The van der Waals surface area contributed by atoms with Crippen LogP contribution < -0.4 is 5.32 Å². The van der Waals surface area contributed by atoms with E-state index >= 15 is 0 Å². The first-order valence-corrected chi connectivity index (χ1v) is 10.1. The Morgan fingerprint density at radius 3 is 2.73 bits per heavy atom. The van der Waals surface area contributed by atoms with Crippen molar-refractivity contribution in [3.8, 4) is 0 Å². The molecule has 1 aromatic rings. The van der Waals surface area contributed by atoms with Gasteiger partial charge in [0.25, 0.3) is 0 Å². The molecule has 144 valence electrons. The van der Waals surface area contributed by atoms with Crippen LogP contribution in [0.3, 0.4) is 0 Å². The molecule has 0 saturated carbocycles. The van der Waals surface area contributed by atoms with E-state index in [1.54, 1.807) is 0 Å². The average Bonchev–Trinajstić information content (AvgIpc) is 2.97. The summed E-state index contributed by atoms with van der Waals surface area (Å²) in [6.45, 7) is 7.46. The van der Waals surface area contributed by atoms with Crippen LogP contribution in [0.1, 0.15) is 42.6 Å². The molecule has 0 bridgehead atoms. The smallest absolute Gasteiger partial charge is 0.317 e. The van der Waals surface area contributed by atoms with Crippen molar-refractivity contribution in [2.24, 2.45) is 0 Å². The van der Waals surface area contributed by atoms with Gasteiger partial charge in [0.05, 0.1) is 25.2 Å². The molecule has 1 N–H and O–H groups in total. The Balaban J connectivity index is 1.56. The summed E-state index contributed by atoms with van der Waals surface area (Å²) < 4.78 is 6.13. The first-order valence-electron chi connectivity index (χ1n) is 9.25. The lowest BCUT2D eigenvalue weighted by atomic mass is 9.87. The lowest BCUT2D eigenvalue weighted by Crippen LogP contribution is -2.51. The van der Waals surface area contributed by atoms with Gasteiger partial charge >= 0.3 is 6.03 Å². The topological polar surface area (TPSA) is 87.7 Å². The molecule has 8 nitrogen and oxygen atoms in total. The number of likely N-dealkylation sites (tertiary alicyclic amines) is 1. The summed E-state index contributed by atoms with van der Waals surface area (Å²) in [7, 11) is 0. The molecular weight excluding hydrogens is 354 g/mol. The van der Waals surface area contributed by atoms with Gasteiger partial charge in [0.2, 0.25) is 5.91 Å². The zero-order valence-electron chi connectivity index (χ0n) is 15.5. The van der Waals surface area contributed by atoms with Crippen molar-refractivity contribution >= 4 is 23.3 Å². The van der Waals surface area contributed by atoms with Crippen molar-refractivity contribution in [3.63, 3.8) is 0 Å². The first kappa shape index (κ1) is 19.0. The van der Waals surface area contributed by atoms with Gasteiger partial charge in [0.15, 0.2) is 0 Å². The second-order valence-electron chi connectivity index (χ2n) is 6.96. The third-order valence-electron chi connectivity index (χ3n) is 4.98. The largest absolute Gasteiger partial charge is 0.372 e. The maximum absolute atomic E-state index is 12.8. The zero-order valence-corrected chi connectivity index (χ0v) is 16.3. The number of carbonyl (C=O) groups excluding carboxylic acids is 2. The highest BCUT2D eigenvalue weighted by Crippen LogP contribution is 2.32. The zero-order chi connectivity index (χ0) is 18.6. The predicted octanol–water partition coefficient (Wildman–Crippen LogP) is 1.55. The molecule has 0 radical (unpaired) electrons. The summed E-state index contributed by atoms with van der Waals surface area (Å²) in [5, 5.41) is 12.8. The molecule has 26 heavy (non-hydrogen) atoms. The highest BCUT2D eigenvalue weighted by molar-refractivity contribution is 7.11. The summed E-state index contributed by atoms with van der Waals surface area (Å²) in [5.41, 5.74) is -0.440. The van der Waals surface area contributed by atoms with Gasteiger partial charge in [-0.3, -0.25) is 4.79 Å². The van der Waals surface area contributed by atoms with E-state index in [-0.39, 0.29) is 11.9 Å². The van der Waals surface area contributed by atoms with Gasteiger partial charge in [-0.15, -0.1) is 10.2 Å². The molecule has 0 aromatic carbocycles. The second-order valence-corrected chi connectivity index (χ2v) is 8.22. The molecule has 3 heterocycles. The minimum absolute atomic E-state index is 0.0186. The molecule has 2 fully saturated rings. The lowest BCUT2D eigenvalue weighted by Gasteiger charge is -2.40. The van der Waals surface area contributed by atoms with Crippen LogP contribution in [-0.4, -0.2) is 70.3 Å². The molecule has 3 amide bonds. The van der Waals surface area contributed by atoms with E-state index in [0.29, 0.717) is 58.6 Å². The van der Waals surface area contributed by atoms with Gasteiger partial charge < -0.3 is 19.9 Å². The molecule has 0 atom stereocenters. The number of rotatable bonds is 4. The van der Waals surface area contributed by atoms with Crippen LogP contribution in [0.25, 0.3) is 0 Å². The summed E-state index contributed by atoms with van der Waals surface area (Å²) in [6, 6.07) is -0.0186. The standard InChI is InChI=1S/C17H27N5O3S/c1-3-6-18-16(24)21-7-4-17(5-8-21)11-15(23)22(9-10-25-17)12-14-20-19-13(2)26-14/h3-12H2,1-2H3,(H,18,24). The second kappa shape index (κ2) is 8.30. The van der Waals surface area contributed by atoms with E-state index in [1.807, 2.05) is 23.6 Å². The highest BCUT2D eigenvalue weighted by Gasteiger charge is 2.41. The summed E-state index contributed by atoms with van der Waals surface area (Å²) in [4.78, 5) is 28.5. The normalized spacial score (nSPS) is 20.3. The Morgan fingerprint density at radius 2 is 2.08 bits per heavy atom. The van der Waals surface area contributed by atoms with E-state index in [9.17, 15) is 9.59 Å². The summed E-state index contributed by atoms with van der Waals surface area (Å²) in [6.07, 6.45) is 2.69. The number of hydrogen-bond donors (Lipinski definition) is 1. The van der Waals surface area contributed by atoms with Crippen LogP contribution in [0.5, 0.6) is 0 Å². The number of aryl methyl sites for hydroxylation is 1. The monoisotopic (exact) mass is 381 g/mol. The van der Waals surface area contributed by atoms with Crippen molar-refractivity contribution in [1.29, 1.82) is 0 Å². The van der Waals surface area contributed by atoms with Crippen molar-refractivity contribution in [1.82, 2.24) is 25.3 Å². The maximum Gasteiger partial charge on any atom is 0.317 e. The quantitative estimate of drug-likeness (QED) is 0.855. The Kier molecular flexibility index (Phi) is 6.08. The van der Waals surface area contributed by atoms with Crippen LogP contribution >= 0.6 is 11.3 Å². The molecular formula is C17H27N5O3S. The van der Waals surface area contributed by atoms with Crippen molar-refractivity contribution in [2.45, 2.75) is 51.7 Å². The third kappa shape index (κ3) is 4.50. The predicted molar refractivity (Wildman–Crippen MR) is 97.9 cm³/mol. The van der Waals surface area contributed by atoms with Crippen molar-refractivity contribution in [2.75, 3.05) is 32.8 Å². The molecule has 0 unspecified atom stereocenters. The first-order chi connectivity index (χ1) is 12.5. The van der Waals surface area contributed by atoms with Gasteiger partial charge in [0.1, 0.15) is 10.0 Å². The number of amides is 3. The summed E-state index contributed by atoms with van der Waals surface area (Å²) >= 11 is 1.52. The van der Waals surface area contributed by atoms with Gasteiger partial charge in [-0.2, -0.15) is 0 Å². The fourth-order valence-corrected chi connectivity index (χ4v) is 4.17. The van der Waals surface area contributed by atoms with Crippen LogP contribution in [0, 0.1) is 6.92 Å². The average molecular weight is 382 g/mol. The van der Waals surface area contributed by atoms with Crippen LogP contribution in [0.15, 0.2) is 0 Å². The molecule has 2 saturated heterocycles. The van der Waals surface area contributed by atoms with E-state index < -0.39 is 5.60 Å². The Bertz CT molecular complexity index is 642. The number of nitrogens with one attached hydrogen (secondary N) is 1. The van der Waals surface area contributed by atoms with E-state index in [0.717, 1.165) is 16.4 Å².